The van der Waals surface area contributed by atoms with E-state index in [1.54, 1.807) is 4.57 Å². The summed E-state index contributed by atoms with van der Waals surface area (Å²) < 4.78 is 7.31. The van der Waals surface area contributed by atoms with Crippen LogP contribution in [0.1, 0.15) is 12.8 Å². The average Bonchev–Trinajstić information content (AvgIpc) is 3.32. The molecule has 1 spiro atoms. The van der Waals surface area contributed by atoms with Gasteiger partial charge in [0, 0.05) is 12.5 Å². The van der Waals surface area contributed by atoms with Gasteiger partial charge in [-0.05, 0) is 43.5 Å². The van der Waals surface area contributed by atoms with Crippen molar-refractivity contribution in [1.82, 2.24) is 19.8 Å². The predicted molar refractivity (Wildman–Crippen MR) is 96.9 cm³/mol. The molecule has 1 aromatic carbocycles. The van der Waals surface area contributed by atoms with E-state index in [9.17, 15) is 9.59 Å². The van der Waals surface area contributed by atoms with Crippen molar-refractivity contribution in [2.24, 2.45) is 11.3 Å². The van der Waals surface area contributed by atoms with Crippen LogP contribution in [0.2, 0.25) is 0 Å². The zero-order valence-corrected chi connectivity index (χ0v) is 14.7. The van der Waals surface area contributed by atoms with Crippen molar-refractivity contribution in [3.8, 4) is 0 Å². The fraction of sp³-hybridized carbons (Fsp3) is 0.579. The van der Waals surface area contributed by atoms with Crippen molar-refractivity contribution in [2.75, 3.05) is 32.8 Å². The number of hydrogen-bond donors (Lipinski definition) is 2. The number of aromatic nitrogens is 2. The number of carbonyl (C=O) groups is 1. The molecule has 2 atom stereocenters. The molecule has 0 aliphatic carbocycles. The molecule has 7 nitrogen and oxygen atoms in total. The molecular weight excluding hydrogens is 332 g/mol. The maximum Gasteiger partial charge on any atom is 0.326 e. The first-order chi connectivity index (χ1) is 12.7. The van der Waals surface area contributed by atoms with Crippen LogP contribution in [0.25, 0.3) is 11.0 Å². The van der Waals surface area contributed by atoms with Gasteiger partial charge in [0.1, 0.15) is 6.54 Å². The standard InChI is InChI=1S/C19H24N4O3/c24-17(9-22-15-4-2-1-3-14(15)21-18(22)25)23-12-19(5-7-20-8-6-19)13-10-26-11-16(13)23/h1-4,13,16,20H,5-12H2,(H,21,25)/t13-,16+/m1/s1. The number of piperidine rings is 1. The van der Waals surface area contributed by atoms with Crippen LogP contribution >= 0.6 is 0 Å². The summed E-state index contributed by atoms with van der Waals surface area (Å²) in [5.41, 5.74) is 1.49. The second-order valence-electron chi connectivity index (χ2n) is 7.88. The molecule has 138 valence electrons. The van der Waals surface area contributed by atoms with Gasteiger partial charge in [0.15, 0.2) is 0 Å². The molecular formula is C19H24N4O3. The number of amides is 1. The lowest BCUT2D eigenvalue weighted by Crippen LogP contribution is -2.43. The number of rotatable bonds is 2. The summed E-state index contributed by atoms with van der Waals surface area (Å²) in [6.45, 7) is 4.26. The largest absolute Gasteiger partial charge is 0.379 e. The Kier molecular flexibility index (Phi) is 3.68. The van der Waals surface area contributed by atoms with E-state index in [4.69, 9.17) is 4.74 Å². The second-order valence-corrected chi connectivity index (χ2v) is 7.88. The average molecular weight is 356 g/mol. The van der Waals surface area contributed by atoms with Gasteiger partial charge in [-0.2, -0.15) is 0 Å². The molecule has 26 heavy (non-hydrogen) atoms. The van der Waals surface area contributed by atoms with Crippen molar-refractivity contribution >= 4 is 16.9 Å². The first kappa shape index (κ1) is 16.1. The Balaban J connectivity index is 1.43. The van der Waals surface area contributed by atoms with Crippen LogP contribution in [0.5, 0.6) is 0 Å². The number of nitrogens with zero attached hydrogens (tertiary/aromatic N) is 2. The van der Waals surface area contributed by atoms with Gasteiger partial charge in [-0.3, -0.25) is 9.36 Å². The van der Waals surface area contributed by atoms with E-state index in [0.29, 0.717) is 12.5 Å². The molecule has 0 saturated carbocycles. The topological polar surface area (TPSA) is 79.4 Å². The molecule has 3 fully saturated rings. The van der Waals surface area contributed by atoms with E-state index in [0.717, 1.165) is 50.1 Å². The minimum Gasteiger partial charge on any atom is -0.379 e. The van der Waals surface area contributed by atoms with Gasteiger partial charge in [0.2, 0.25) is 5.91 Å². The van der Waals surface area contributed by atoms with Gasteiger partial charge in [-0.15, -0.1) is 0 Å². The lowest BCUT2D eigenvalue weighted by Gasteiger charge is -2.37. The molecule has 3 aliphatic heterocycles. The molecule has 4 heterocycles. The van der Waals surface area contributed by atoms with Crippen LogP contribution in [0.3, 0.4) is 0 Å². The van der Waals surface area contributed by atoms with Crippen LogP contribution in [0.15, 0.2) is 29.1 Å². The normalized spacial score (nSPS) is 27.3. The van der Waals surface area contributed by atoms with E-state index >= 15 is 0 Å². The van der Waals surface area contributed by atoms with E-state index in [1.807, 2.05) is 29.2 Å². The van der Waals surface area contributed by atoms with Gasteiger partial charge >= 0.3 is 5.69 Å². The minimum absolute atomic E-state index is 0.0211. The van der Waals surface area contributed by atoms with Crippen LogP contribution in [-0.2, 0) is 16.1 Å². The molecule has 1 aromatic heterocycles. The zero-order chi connectivity index (χ0) is 17.7. The van der Waals surface area contributed by atoms with Crippen molar-refractivity contribution in [1.29, 1.82) is 0 Å². The molecule has 0 unspecified atom stereocenters. The van der Waals surface area contributed by atoms with E-state index in [-0.39, 0.29) is 29.6 Å². The van der Waals surface area contributed by atoms with Crippen LogP contribution in [0, 0.1) is 11.3 Å². The van der Waals surface area contributed by atoms with Crippen LogP contribution in [0.4, 0.5) is 0 Å². The first-order valence-corrected chi connectivity index (χ1v) is 9.43. The van der Waals surface area contributed by atoms with Crippen molar-refractivity contribution < 1.29 is 9.53 Å². The highest BCUT2D eigenvalue weighted by Gasteiger charge is 2.56. The molecule has 2 aromatic rings. The predicted octanol–water partition coefficient (Wildman–Crippen LogP) is 0.557. The van der Waals surface area contributed by atoms with Gasteiger partial charge in [-0.25, -0.2) is 4.79 Å². The summed E-state index contributed by atoms with van der Waals surface area (Å²) in [5, 5.41) is 3.43. The fourth-order valence-electron chi connectivity index (χ4n) is 5.23. The summed E-state index contributed by atoms with van der Waals surface area (Å²) in [4.78, 5) is 30.3. The summed E-state index contributed by atoms with van der Waals surface area (Å²) >= 11 is 0. The van der Waals surface area contributed by atoms with Crippen molar-refractivity contribution in [3.63, 3.8) is 0 Å². The Labute approximate surface area is 151 Å². The molecule has 5 rings (SSSR count). The molecule has 0 bridgehead atoms. The third-order valence-electron chi connectivity index (χ3n) is 6.62. The highest BCUT2D eigenvalue weighted by molar-refractivity contribution is 5.81. The number of hydrogen-bond acceptors (Lipinski definition) is 4. The number of likely N-dealkylation sites (tertiary alicyclic amines) is 1. The number of ether oxygens (including phenoxy) is 1. The Morgan fingerprint density at radius 1 is 1.23 bits per heavy atom. The number of H-pyrrole nitrogens is 1. The van der Waals surface area contributed by atoms with E-state index in [1.165, 1.54) is 0 Å². The number of carbonyl (C=O) groups excluding carboxylic acids is 1. The molecule has 0 radical (unpaired) electrons. The Bertz CT molecular complexity index is 896. The number of nitrogens with one attached hydrogen (secondary N) is 2. The van der Waals surface area contributed by atoms with E-state index in [2.05, 4.69) is 10.3 Å². The summed E-state index contributed by atoms with van der Waals surface area (Å²) in [6, 6.07) is 7.66. The number of fused-ring (bicyclic) bond motifs is 3. The van der Waals surface area contributed by atoms with Crippen LogP contribution in [-0.4, -0.2) is 59.2 Å². The molecule has 3 saturated heterocycles. The maximum absolute atomic E-state index is 13.2. The highest BCUT2D eigenvalue weighted by atomic mass is 16.5. The molecule has 7 heteroatoms. The highest BCUT2D eigenvalue weighted by Crippen LogP contribution is 2.49. The fourth-order valence-corrected chi connectivity index (χ4v) is 5.23. The van der Waals surface area contributed by atoms with Gasteiger partial charge in [-0.1, -0.05) is 12.1 Å². The van der Waals surface area contributed by atoms with Gasteiger partial charge in [0.05, 0.1) is 30.3 Å². The smallest absolute Gasteiger partial charge is 0.326 e. The lowest BCUT2D eigenvalue weighted by molar-refractivity contribution is -0.133. The maximum atomic E-state index is 13.2. The molecule has 2 N–H and O–H groups in total. The van der Waals surface area contributed by atoms with Gasteiger partial charge < -0.3 is 19.9 Å². The van der Waals surface area contributed by atoms with Crippen LogP contribution < -0.4 is 11.0 Å². The quantitative estimate of drug-likeness (QED) is 0.824. The van der Waals surface area contributed by atoms with E-state index < -0.39 is 0 Å². The summed E-state index contributed by atoms with van der Waals surface area (Å²) in [6.07, 6.45) is 2.18. The number of benzene rings is 1. The third-order valence-corrected chi connectivity index (χ3v) is 6.62. The Morgan fingerprint density at radius 3 is 2.88 bits per heavy atom. The monoisotopic (exact) mass is 356 g/mol. The Morgan fingerprint density at radius 2 is 2.04 bits per heavy atom. The van der Waals surface area contributed by atoms with Crippen molar-refractivity contribution in [3.05, 3.63) is 34.7 Å². The SMILES string of the molecule is O=C(Cn1c(=O)[nH]c2ccccc21)N1CC2(CCNCC2)[C@@H]2COC[C@@H]21. The summed E-state index contributed by atoms with van der Waals surface area (Å²) in [7, 11) is 0. The second kappa shape index (κ2) is 5.96. The minimum atomic E-state index is -0.227. The molecule has 3 aliphatic rings. The summed E-state index contributed by atoms with van der Waals surface area (Å²) in [5.74, 6) is 0.445. The lowest BCUT2D eigenvalue weighted by atomic mass is 9.70. The Hall–Kier alpha value is -2.12. The zero-order valence-electron chi connectivity index (χ0n) is 14.7. The van der Waals surface area contributed by atoms with Crippen molar-refractivity contribution in [2.45, 2.75) is 25.4 Å². The molecule has 1 amide bonds. The number of para-hydroxylation sites is 2. The number of imidazole rings is 1. The third kappa shape index (κ3) is 2.34. The number of aromatic amines is 1. The van der Waals surface area contributed by atoms with Gasteiger partial charge in [0.25, 0.3) is 0 Å². The first-order valence-electron chi connectivity index (χ1n) is 9.43.